The minimum Gasteiger partial charge on any atom is -0.480 e. The lowest BCUT2D eigenvalue weighted by atomic mass is 10.0. The topological polar surface area (TPSA) is 49.3 Å². The number of carboxylic acid groups (broad SMARTS) is 1. The molecule has 0 amide bonds. The lowest BCUT2D eigenvalue weighted by Gasteiger charge is -2.13. The normalized spacial score (nSPS) is 12.4. The van der Waals surface area contributed by atoms with Gasteiger partial charge in [0.05, 0.1) is 0 Å². The van der Waals surface area contributed by atoms with Crippen molar-refractivity contribution in [3.63, 3.8) is 0 Å². The molecule has 0 aromatic rings. The van der Waals surface area contributed by atoms with E-state index in [1.54, 1.807) is 11.8 Å². The van der Waals surface area contributed by atoms with Crippen LogP contribution in [0.1, 0.15) is 103 Å². The van der Waals surface area contributed by atoms with E-state index in [2.05, 4.69) is 12.2 Å². The molecule has 0 fully saturated rings. The molecule has 0 saturated carbocycles. The Balaban J connectivity index is 3.24. The van der Waals surface area contributed by atoms with Crippen molar-refractivity contribution >= 4 is 17.7 Å². The first-order valence-electron chi connectivity index (χ1n) is 10.7. The molecule has 0 heterocycles. The molecular weight excluding hydrogens is 330 g/mol. The number of hydrogen-bond acceptors (Lipinski definition) is 3. The Labute approximate surface area is 161 Å². The van der Waals surface area contributed by atoms with Crippen LogP contribution in [0, 0.1) is 0 Å². The van der Waals surface area contributed by atoms with E-state index in [9.17, 15) is 4.79 Å². The standard InChI is InChI=1S/C21H43NO2S/c1-3-4-5-6-7-8-9-10-11-12-13-14-15-16-18-22-20(21(23)24)17-19-25-2/h20,22H,3-19H2,1-2H3,(H,23,24)/t20-/m0/s1. The lowest BCUT2D eigenvalue weighted by Crippen LogP contribution is -2.37. The van der Waals surface area contributed by atoms with Gasteiger partial charge in [-0.1, -0.05) is 90.4 Å². The van der Waals surface area contributed by atoms with Gasteiger partial charge in [-0.15, -0.1) is 0 Å². The van der Waals surface area contributed by atoms with Crippen LogP contribution in [0.2, 0.25) is 0 Å². The number of rotatable bonds is 20. The van der Waals surface area contributed by atoms with E-state index in [4.69, 9.17) is 5.11 Å². The maximum absolute atomic E-state index is 11.1. The molecule has 0 saturated heterocycles. The van der Waals surface area contributed by atoms with Crippen LogP contribution in [-0.4, -0.2) is 35.7 Å². The first-order valence-corrected chi connectivity index (χ1v) is 12.1. The van der Waals surface area contributed by atoms with Gasteiger partial charge in [-0.25, -0.2) is 0 Å². The molecule has 0 unspecified atom stereocenters. The highest BCUT2D eigenvalue weighted by Gasteiger charge is 2.15. The minimum absolute atomic E-state index is 0.366. The van der Waals surface area contributed by atoms with Gasteiger partial charge in [0.2, 0.25) is 0 Å². The molecule has 3 nitrogen and oxygen atoms in total. The second kappa shape index (κ2) is 20.1. The fourth-order valence-electron chi connectivity index (χ4n) is 3.14. The zero-order chi connectivity index (χ0) is 18.6. The molecule has 0 bridgehead atoms. The van der Waals surface area contributed by atoms with Gasteiger partial charge < -0.3 is 10.4 Å². The molecule has 1 atom stereocenters. The molecular formula is C21H43NO2S. The van der Waals surface area contributed by atoms with Crippen LogP contribution in [0.15, 0.2) is 0 Å². The predicted molar refractivity (Wildman–Crippen MR) is 113 cm³/mol. The molecule has 0 spiro atoms. The monoisotopic (exact) mass is 373 g/mol. The number of nitrogens with one attached hydrogen (secondary N) is 1. The van der Waals surface area contributed by atoms with Gasteiger partial charge in [0.15, 0.2) is 0 Å². The Bertz CT molecular complexity index is 287. The van der Waals surface area contributed by atoms with E-state index < -0.39 is 5.97 Å². The van der Waals surface area contributed by atoms with Crippen LogP contribution in [-0.2, 0) is 4.79 Å². The summed E-state index contributed by atoms with van der Waals surface area (Å²) >= 11 is 1.71. The molecule has 150 valence electrons. The Morgan fingerprint density at radius 2 is 1.28 bits per heavy atom. The third-order valence-corrected chi connectivity index (χ3v) is 5.47. The first-order chi connectivity index (χ1) is 12.2. The maximum Gasteiger partial charge on any atom is 0.320 e. The zero-order valence-electron chi connectivity index (χ0n) is 16.9. The van der Waals surface area contributed by atoms with Gasteiger partial charge >= 0.3 is 5.97 Å². The van der Waals surface area contributed by atoms with Crippen LogP contribution < -0.4 is 5.32 Å². The number of carbonyl (C=O) groups is 1. The summed E-state index contributed by atoms with van der Waals surface area (Å²) in [6.07, 6.45) is 21.7. The summed E-state index contributed by atoms with van der Waals surface area (Å²) in [7, 11) is 0. The third-order valence-electron chi connectivity index (χ3n) is 4.83. The van der Waals surface area contributed by atoms with Crippen molar-refractivity contribution in [2.75, 3.05) is 18.6 Å². The first kappa shape index (κ1) is 24.8. The highest BCUT2D eigenvalue weighted by atomic mass is 32.2. The van der Waals surface area contributed by atoms with Gasteiger partial charge in [-0.2, -0.15) is 11.8 Å². The van der Waals surface area contributed by atoms with E-state index >= 15 is 0 Å². The van der Waals surface area contributed by atoms with E-state index in [0.717, 1.165) is 25.1 Å². The molecule has 4 heteroatoms. The Kier molecular flexibility index (Phi) is 19.9. The van der Waals surface area contributed by atoms with E-state index in [-0.39, 0.29) is 6.04 Å². The second-order valence-corrected chi connectivity index (χ2v) is 8.21. The lowest BCUT2D eigenvalue weighted by molar-refractivity contribution is -0.139. The quantitative estimate of drug-likeness (QED) is 0.247. The number of aliphatic carboxylic acids is 1. The van der Waals surface area contributed by atoms with Crippen LogP contribution >= 0.6 is 11.8 Å². The Morgan fingerprint density at radius 1 is 0.840 bits per heavy atom. The average Bonchev–Trinajstić information content (AvgIpc) is 2.60. The van der Waals surface area contributed by atoms with Gasteiger partial charge in [0, 0.05) is 0 Å². The average molecular weight is 374 g/mol. The Morgan fingerprint density at radius 3 is 1.68 bits per heavy atom. The smallest absolute Gasteiger partial charge is 0.320 e. The van der Waals surface area contributed by atoms with Crippen molar-refractivity contribution in [2.45, 2.75) is 109 Å². The zero-order valence-corrected chi connectivity index (χ0v) is 17.7. The third kappa shape index (κ3) is 18.4. The largest absolute Gasteiger partial charge is 0.480 e. The maximum atomic E-state index is 11.1. The van der Waals surface area contributed by atoms with Crippen LogP contribution in [0.5, 0.6) is 0 Å². The SMILES string of the molecule is CCCCCCCCCCCCCCCCN[C@@H](CCSC)C(=O)O. The fourth-order valence-corrected chi connectivity index (χ4v) is 3.62. The molecule has 0 aliphatic heterocycles. The summed E-state index contributed by atoms with van der Waals surface area (Å²) in [6, 6.07) is -0.366. The minimum atomic E-state index is -0.709. The highest BCUT2D eigenvalue weighted by Crippen LogP contribution is 2.12. The molecule has 0 radical (unpaired) electrons. The van der Waals surface area contributed by atoms with Gasteiger partial charge in [-0.05, 0) is 31.4 Å². The summed E-state index contributed by atoms with van der Waals surface area (Å²) in [5.74, 6) is 0.197. The van der Waals surface area contributed by atoms with Crippen LogP contribution in [0.4, 0.5) is 0 Å². The highest BCUT2D eigenvalue weighted by molar-refractivity contribution is 7.98. The second-order valence-electron chi connectivity index (χ2n) is 7.22. The number of thioether (sulfide) groups is 1. The van der Waals surface area contributed by atoms with Gasteiger partial charge in [-0.3, -0.25) is 4.79 Å². The molecule has 25 heavy (non-hydrogen) atoms. The van der Waals surface area contributed by atoms with Crippen molar-refractivity contribution in [1.29, 1.82) is 0 Å². The summed E-state index contributed by atoms with van der Waals surface area (Å²) in [4.78, 5) is 11.1. The van der Waals surface area contributed by atoms with Gasteiger partial charge in [0.25, 0.3) is 0 Å². The van der Waals surface area contributed by atoms with Crippen molar-refractivity contribution in [3.8, 4) is 0 Å². The molecule has 2 N–H and O–H groups in total. The fraction of sp³-hybridized carbons (Fsp3) is 0.952. The summed E-state index contributed by atoms with van der Waals surface area (Å²) in [6.45, 7) is 3.11. The van der Waals surface area contributed by atoms with Crippen molar-refractivity contribution < 1.29 is 9.90 Å². The summed E-state index contributed by atoms with van der Waals surface area (Å²) in [5, 5.41) is 12.3. The van der Waals surface area contributed by atoms with Crippen LogP contribution in [0.3, 0.4) is 0 Å². The summed E-state index contributed by atoms with van der Waals surface area (Å²) < 4.78 is 0. The number of unbranched alkanes of at least 4 members (excludes halogenated alkanes) is 13. The molecule has 0 aliphatic carbocycles. The number of hydrogen-bond donors (Lipinski definition) is 2. The molecule has 0 aromatic carbocycles. The number of carboxylic acids is 1. The van der Waals surface area contributed by atoms with E-state index in [1.165, 1.54) is 83.5 Å². The molecule has 0 aliphatic rings. The van der Waals surface area contributed by atoms with E-state index in [0.29, 0.717) is 0 Å². The van der Waals surface area contributed by atoms with Gasteiger partial charge in [0.1, 0.15) is 6.04 Å². The Hall–Kier alpha value is -0.220. The van der Waals surface area contributed by atoms with Crippen molar-refractivity contribution in [1.82, 2.24) is 5.32 Å². The van der Waals surface area contributed by atoms with Crippen molar-refractivity contribution in [2.24, 2.45) is 0 Å². The molecule has 0 aromatic heterocycles. The van der Waals surface area contributed by atoms with Crippen molar-refractivity contribution in [3.05, 3.63) is 0 Å². The molecule has 0 rings (SSSR count). The van der Waals surface area contributed by atoms with E-state index in [1.807, 2.05) is 6.26 Å². The summed E-state index contributed by atoms with van der Waals surface area (Å²) in [5.41, 5.74) is 0. The predicted octanol–water partition coefficient (Wildman–Crippen LogP) is 6.26. The van der Waals surface area contributed by atoms with Crippen LogP contribution in [0.25, 0.3) is 0 Å².